The molecule has 1 saturated heterocycles. The summed E-state index contributed by atoms with van der Waals surface area (Å²) in [7, 11) is 1.58. The van der Waals surface area contributed by atoms with Gasteiger partial charge >= 0.3 is 0 Å². The summed E-state index contributed by atoms with van der Waals surface area (Å²) in [6.07, 6.45) is 4.78. The Morgan fingerprint density at radius 1 is 1.31 bits per heavy atom. The van der Waals surface area contributed by atoms with Gasteiger partial charge in [0.25, 0.3) is 0 Å². The lowest BCUT2D eigenvalue weighted by molar-refractivity contribution is -0.121. The number of ether oxygens (including phenoxy) is 1. The summed E-state index contributed by atoms with van der Waals surface area (Å²) >= 11 is 0. The number of benzene rings is 1. The van der Waals surface area contributed by atoms with E-state index in [-0.39, 0.29) is 36.2 Å². The Labute approximate surface area is 159 Å². The first-order chi connectivity index (χ1) is 12.1. The largest absolute Gasteiger partial charge is 0.494 e. The lowest BCUT2D eigenvalue weighted by atomic mass is 9.84. The minimum Gasteiger partial charge on any atom is -0.494 e. The number of halogens is 1. The van der Waals surface area contributed by atoms with Gasteiger partial charge in [-0.05, 0) is 49.7 Å². The predicted molar refractivity (Wildman–Crippen MR) is 103 cm³/mol. The number of nitrogens with one attached hydrogen (secondary N) is 1. The van der Waals surface area contributed by atoms with E-state index in [2.05, 4.69) is 5.32 Å². The summed E-state index contributed by atoms with van der Waals surface area (Å²) in [4.78, 5) is 26.4. The molecule has 0 radical (unpaired) electrons. The molecule has 6 nitrogen and oxygen atoms in total. The van der Waals surface area contributed by atoms with Crippen LogP contribution in [0.4, 0.5) is 11.4 Å². The number of carbonyl (C=O) groups is 2. The number of anilines is 2. The Bertz CT molecular complexity index is 709. The Balaban J connectivity index is 0.00000196. The molecule has 1 heterocycles. The SMILES string of the molecule is COc1cc(NC(=O)C2C3CCC(C3)C2N)ccc1N1CCCC1=O.Cl. The second-order valence-electron chi connectivity index (χ2n) is 7.46. The van der Waals surface area contributed by atoms with Crippen molar-refractivity contribution in [2.45, 2.75) is 38.1 Å². The zero-order valence-corrected chi connectivity index (χ0v) is 15.8. The zero-order valence-electron chi connectivity index (χ0n) is 14.9. The fourth-order valence-electron chi connectivity index (χ4n) is 4.83. The Morgan fingerprint density at radius 2 is 2.08 bits per heavy atom. The second-order valence-corrected chi connectivity index (χ2v) is 7.46. The molecule has 1 aromatic carbocycles. The number of amides is 2. The average molecular weight is 380 g/mol. The van der Waals surface area contributed by atoms with E-state index in [4.69, 9.17) is 10.5 Å². The van der Waals surface area contributed by atoms with Crippen LogP contribution in [-0.4, -0.2) is 31.5 Å². The van der Waals surface area contributed by atoms with Crippen molar-refractivity contribution in [2.75, 3.05) is 23.9 Å². The molecule has 4 rings (SSSR count). The molecule has 7 heteroatoms. The Hall–Kier alpha value is -1.79. The van der Waals surface area contributed by atoms with Crippen LogP contribution < -0.4 is 20.7 Å². The van der Waals surface area contributed by atoms with Crippen LogP contribution in [-0.2, 0) is 9.59 Å². The van der Waals surface area contributed by atoms with Crippen molar-refractivity contribution in [3.05, 3.63) is 18.2 Å². The summed E-state index contributed by atoms with van der Waals surface area (Å²) in [5.41, 5.74) is 7.72. The van der Waals surface area contributed by atoms with Crippen LogP contribution in [0.1, 0.15) is 32.1 Å². The van der Waals surface area contributed by atoms with Crippen molar-refractivity contribution < 1.29 is 14.3 Å². The van der Waals surface area contributed by atoms with Gasteiger partial charge in [0, 0.05) is 30.8 Å². The van der Waals surface area contributed by atoms with E-state index in [0.717, 1.165) is 31.4 Å². The molecule has 4 atom stereocenters. The molecule has 3 aliphatic rings. The molecular formula is C19H26ClN3O3. The van der Waals surface area contributed by atoms with Gasteiger partial charge in [0.05, 0.1) is 18.7 Å². The number of methoxy groups -OCH3 is 1. The highest BCUT2D eigenvalue weighted by atomic mass is 35.5. The summed E-state index contributed by atoms with van der Waals surface area (Å²) in [6, 6.07) is 5.44. The topological polar surface area (TPSA) is 84.7 Å². The highest BCUT2D eigenvalue weighted by Gasteiger charge is 2.49. The third kappa shape index (κ3) is 3.16. The van der Waals surface area contributed by atoms with Gasteiger partial charge in [-0.3, -0.25) is 9.59 Å². The van der Waals surface area contributed by atoms with Crippen LogP contribution in [0.3, 0.4) is 0 Å². The number of hydrogen-bond donors (Lipinski definition) is 2. The van der Waals surface area contributed by atoms with Crippen molar-refractivity contribution in [1.29, 1.82) is 0 Å². The summed E-state index contributed by atoms with van der Waals surface area (Å²) < 4.78 is 5.45. The van der Waals surface area contributed by atoms with Crippen molar-refractivity contribution in [3.63, 3.8) is 0 Å². The lowest BCUT2D eigenvalue weighted by Crippen LogP contribution is -2.42. The maximum absolute atomic E-state index is 12.7. The smallest absolute Gasteiger partial charge is 0.229 e. The number of fused-ring (bicyclic) bond motifs is 2. The lowest BCUT2D eigenvalue weighted by Gasteiger charge is -2.27. The maximum Gasteiger partial charge on any atom is 0.229 e. The zero-order chi connectivity index (χ0) is 17.6. The average Bonchev–Trinajstić information content (AvgIpc) is 3.30. The van der Waals surface area contributed by atoms with E-state index in [9.17, 15) is 9.59 Å². The normalized spacial score (nSPS) is 29.6. The molecule has 1 aromatic rings. The third-order valence-corrected chi connectivity index (χ3v) is 6.09. The first-order valence-electron chi connectivity index (χ1n) is 9.13. The Kier molecular flexibility index (Phi) is 5.44. The highest BCUT2D eigenvalue weighted by molar-refractivity contribution is 5.98. The van der Waals surface area contributed by atoms with Crippen LogP contribution >= 0.6 is 12.4 Å². The Morgan fingerprint density at radius 3 is 2.69 bits per heavy atom. The minimum atomic E-state index is -0.0930. The van der Waals surface area contributed by atoms with Gasteiger partial charge in [0.2, 0.25) is 11.8 Å². The first-order valence-corrected chi connectivity index (χ1v) is 9.13. The number of carbonyl (C=O) groups excluding carboxylic acids is 2. The maximum atomic E-state index is 12.7. The van der Waals surface area contributed by atoms with Gasteiger partial charge in [-0.2, -0.15) is 0 Å². The monoisotopic (exact) mass is 379 g/mol. The molecule has 4 unspecified atom stereocenters. The van der Waals surface area contributed by atoms with E-state index in [1.54, 1.807) is 18.1 Å². The number of nitrogens with zero attached hydrogens (tertiary/aromatic N) is 1. The van der Waals surface area contributed by atoms with Crippen molar-refractivity contribution in [1.82, 2.24) is 0 Å². The van der Waals surface area contributed by atoms with E-state index in [1.807, 2.05) is 12.1 Å². The molecule has 2 aliphatic carbocycles. The van der Waals surface area contributed by atoms with Gasteiger partial charge in [-0.25, -0.2) is 0 Å². The van der Waals surface area contributed by atoms with Gasteiger partial charge in [-0.15, -0.1) is 12.4 Å². The van der Waals surface area contributed by atoms with E-state index >= 15 is 0 Å². The van der Waals surface area contributed by atoms with Crippen LogP contribution in [0, 0.1) is 17.8 Å². The molecule has 26 heavy (non-hydrogen) atoms. The molecule has 2 bridgehead atoms. The number of hydrogen-bond acceptors (Lipinski definition) is 4. The molecule has 2 amide bonds. The van der Waals surface area contributed by atoms with Crippen LogP contribution in [0.25, 0.3) is 0 Å². The van der Waals surface area contributed by atoms with Crippen molar-refractivity contribution >= 4 is 35.6 Å². The quantitative estimate of drug-likeness (QED) is 0.841. The molecule has 0 aromatic heterocycles. The van der Waals surface area contributed by atoms with E-state index in [0.29, 0.717) is 36.2 Å². The fraction of sp³-hybridized carbons (Fsp3) is 0.579. The predicted octanol–water partition coefficient (Wildman–Crippen LogP) is 2.56. The van der Waals surface area contributed by atoms with Gasteiger partial charge in [0.15, 0.2) is 0 Å². The third-order valence-electron chi connectivity index (χ3n) is 6.09. The molecule has 3 N–H and O–H groups in total. The fourth-order valence-corrected chi connectivity index (χ4v) is 4.83. The molecular weight excluding hydrogens is 354 g/mol. The number of rotatable bonds is 4. The molecule has 2 saturated carbocycles. The molecule has 1 aliphatic heterocycles. The summed E-state index contributed by atoms with van der Waals surface area (Å²) in [5, 5.41) is 3.00. The van der Waals surface area contributed by atoms with E-state index in [1.165, 1.54) is 0 Å². The second kappa shape index (κ2) is 7.45. The standard InChI is InChI=1S/C19H25N3O3.ClH/c1-25-15-10-13(6-7-14(15)22-8-2-3-16(22)23)21-19(24)17-11-4-5-12(9-11)18(17)20;/h6-7,10-12,17-18H,2-5,8-9,20H2,1H3,(H,21,24);1H. The summed E-state index contributed by atoms with van der Waals surface area (Å²) in [5.74, 6) is 1.55. The van der Waals surface area contributed by atoms with E-state index < -0.39 is 0 Å². The van der Waals surface area contributed by atoms with Gasteiger partial charge < -0.3 is 20.7 Å². The van der Waals surface area contributed by atoms with Crippen molar-refractivity contribution in [2.24, 2.45) is 23.5 Å². The molecule has 0 spiro atoms. The highest BCUT2D eigenvalue weighted by Crippen LogP contribution is 2.48. The van der Waals surface area contributed by atoms with Crippen molar-refractivity contribution in [3.8, 4) is 5.75 Å². The molecule has 142 valence electrons. The first kappa shape index (κ1) is 19.0. The molecule has 3 fully saturated rings. The van der Waals surface area contributed by atoms with Crippen LogP contribution in [0.5, 0.6) is 5.75 Å². The number of nitrogens with two attached hydrogens (primary N) is 1. The summed E-state index contributed by atoms with van der Waals surface area (Å²) in [6.45, 7) is 0.709. The van der Waals surface area contributed by atoms with Crippen LogP contribution in [0.15, 0.2) is 18.2 Å². The van der Waals surface area contributed by atoms with Crippen LogP contribution in [0.2, 0.25) is 0 Å². The minimum absolute atomic E-state index is 0. The van der Waals surface area contributed by atoms with Gasteiger partial charge in [0.1, 0.15) is 5.75 Å². The van der Waals surface area contributed by atoms with Gasteiger partial charge in [-0.1, -0.05) is 0 Å².